The Kier molecular flexibility index (Phi) is 7.03. The average molecular weight is 446 g/mol. The lowest BCUT2D eigenvalue weighted by molar-refractivity contribution is 0.0601. The van der Waals surface area contributed by atoms with Gasteiger partial charge in [-0.3, -0.25) is 4.79 Å². The molecule has 3 aromatic rings. The number of esters is 1. The van der Waals surface area contributed by atoms with Gasteiger partial charge in [0.25, 0.3) is 5.91 Å². The van der Waals surface area contributed by atoms with Gasteiger partial charge in [0, 0.05) is 17.5 Å². The standard InChI is InChI=1S/C21H19FN2O6S/c1-27-17-8-14(21(26)29-3)15(9-18(17)28-2)24-20(25)16-11-31-19(23-16)10-30-13-6-4-12(22)5-7-13/h4-9,11H,10H2,1-3H3,(H,24,25). The zero-order valence-electron chi connectivity index (χ0n) is 16.9. The highest BCUT2D eigenvalue weighted by molar-refractivity contribution is 7.09. The van der Waals surface area contributed by atoms with Crippen LogP contribution >= 0.6 is 11.3 Å². The molecule has 0 aliphatic carbocycles. The van der Waals surface area contributed by atoms with Crippen molar-refractivity contribution in [1.29, 1.82) is 0 Å². The van der Waals surface area contributed by atoms with Crippen LogP contribution in [0.4, 0.5) is 10.1 Å². The maximum absolute atomic E-state index is 13.0. The zero-order valence-corrected chi connectivity index (χ0v) is 17.7. The summed E-state index contributed by atoms with van der Waals surface area (Å²) in [5, 5.41) is 4.77. The van der Waals surface area contributed by atoms with Gasteiger partial charge in [-0.05, 0) is 24.3 Å². The number of anilines is 1. The van der Waals surface area contributed by atoms with Crippen molar-refractivity contribution < 1.29 is 32.9 Å². The number of hydrogen-bond acceptors (Lipinski definition) is 8. The van der Waals surface area contributed by atoms with Gasteiger partial charge in [-0.15, -0.1) is 11.3 Å². The second kappa shape index (κ2) is 9.90. The molecule has 2 aromatic carbocycles. The van der Waals surface area contributed by atoms with E-state index < -0.39 is 11.9 Å². The van der Waals surface area contributed by atoms with Gasteiger partial charge in [0.05, 0.1) is 32.6 Å². The number of ether oxygens (including phenoxy) is 4. The van der Waals surface area contributed by atoms with Crippen molar-refractivity contribution in [1.82, 2.24) is 4.98 Å². The third kappa shape index (κ3) is 5.28. The van der Waals surface area contributed by atoms with Crippen LogP contribution in [0.1, 0.15) is 25.9 Å². The monoisotopic (exact) mass is 446 g/mol. The maximum Gasteiger partial charge on any atom is 0.340 e. The molecule has 0 radical (unpaired) electrons. The highest BCUT2D eigenvalue weighted by Gasteiger charge is 2.20. The lowest BCUT2D eigenvalue weighted by Crippen LogP contribution is -2.16. The van der Waals surface area contributed by atoms with Crippen LogP contribution in [0.3, 0.4) is 0 Å². The van der Waals surface area contributed by atoms with Crippen molar-refractivity contribution in [3.05, 3.63) is 63.9 Å². The molecule has 0 aliphatic rings. The summed E-state index contributed by atoms with van der Waals surface area (Å²) in [5.41, 5.74) is 0.434. The van der Waals surface area contributed by atoms with Crippen molar-refractivity contribution in [3.8, 4) is 17.2 Å². The number of hydrogen-bond donors (Lipinski definition) is 1. The van der Waals surface area contributed by atoms with E-state index in [1.165, 1.54) is 69.1 Å². The normalized spacial score (nSPS) is 10.3. The Balaban J connectivity index is 1.75. The predicted octanol–water partition coefficient (Wildman–Crippen LogP) is 3.92. The quantitative estimate of drug-likeness (QED) is 0.524. The Bertz CT molecular complexity index is 1080. The Morgan fingerprint density at radius 1 is 1.06 bits per heavy atom. The number of amides is 1. The first-order valence-corrected chi connectivity index (χ1v) is 9.81. The van der Waals surface area contributed by atoms with Crippen LogP contribution in [0.15, 0.2) is 41.8 Å². The van der Waals surface area contributed by atoms with E-state index in [-0.39, 0.29) is 29.4 Å². The first kappa shape index (κ1) is 22.0. The molecule has 0 unspecified atom stereocenters. The van der Waals surface area contributed by atoms with Crippen molar-refractivity contribution in [2.45, 2.75) is 6.61 Å². The van der Waals surface area contributed by atoms with Crippen molar-refractivity contribution >= 4 is 28.9 Å². The maximum atomic E-state index is 13.0. The number of nitrogens with zero attached hydrogens (tertiary/aromatic N) is 1. The van der Waals surface area contributed by atoms with E-state index in [1.807, 2.05) is 0 Å². The molecule has 31 heavy (non-hydrogen) atoms. The highest BCUT2D eigenvalue weighted by Crippen LogP contribution is 2.34. The summed E-state index contributed by atoms with van der Waals surface area (Å²) in [6.45, 7) is 0.118. The van der Waals surface area contributed by atoms with E-state index in [1.54, 1.807) is 5.38 Å². The molecule has 0 spiro atoms. The van der Waals surface area contributed by atoms with Gasteiger partial charge in [-0.1, -0.05) is 0 Å². The minimum Gasteiger partial charge on any atom is -0.493 e. The van der Waals surface area contributed by atoms with Crippen LogP contribution in [-0.4, -0.2) is 38.2 Å². The van der Waals surface area contributed by atoms with Crippen LogP contribution in [0.2, 0.25) is 0 Å². The fourth-order valence-corrected chi connectivity index (χ4v) is 3.29. The Hall–Kier alpha value is -3.66. The van der Waals surface area contributed by atoms with E-state index in [0.717, 1.165) is 0 Å². The second-order valence-corrected chi connectivity index (χ2v) is 7.01. The van der Waals surface area contributed by atoms with Gasteiger partial charge in [0.2, 0.25) is 0 Å². The number of methoxy groups -OCH3 is 3. The van der Waals surface area contributed by atoms with E-state index in [2.05, 4.69) is 10.3 Å². The summed E-state index contributed by atoms with van der Waals surface area (Å²) < 4.78 is 33.7. The molecule has 162 valence electrons. The molecule has 0 atom stereocenters. The number of aromatic nitrogens is 1. The molecular weight excluding hydrogens is 427 g/mol. The fourth-order valence-electron chi connectivity index (χ4n) is 2.60. The number of thiazole rings is 1. The first-order chi connectivity index (χ1) is 14.9. The predicted molar refractivity (Wildman–Crippen MR) is 112 cm³/mol. The fraction of sp³-hybridized carbons (Fsp3) is 0.190. The lowest BCUT2D eigenvalue weighted by atomic mass is 10.1. The molecule has 8 nitrogen and oxygen atoms in total. The topological polar surface area (TPSA) is 96.0 Å². The summed E-state index contributed by atoms with van der Waals surface area (Å²) in [5.74, 6) is -0.408. The zero-order chi connectivity index (χ0) is 22.4. The van der Waals surface area contributed by atoms with Gasteiger partial charge in [0.1, 0.15) is 28.9 Å². The van der Waals surface area contributed by atoms with Crippen LogP contribution in [-0.2, 0) is 11.3 Å². The third-order valence-corrected chi connectivity index (χ3v) is 4.96. The van der Waals surface area contributed by atoms with Crippen LogP contribution in [0.5, 0.6) is 17.2 Å². The second-order valence-electron chi connectivity index (χ2n) is 6.07. The minimum atomic E-state index is -0.650. The SMILES string of the molecule is COC(=O)c1cc(OC)c(OC)cc1NC(=O)c1csc(COc2ccc(F)cc2)n1. The molecule has 0 saturated heterocycles. The highest BCUT2D eigenvalue weighted by atomic mass is 32.1. The smallest absolute Gasteiger partial charge is 0.340 e. The van der Waals surface area contributed by atoms with Gasteiger partial charge in [0.15, 0.2) is 11.5 Å². The molecule has 10 heteroatoms. The molecule has 0 fully saturated rings. The average Bonchev–Trinajstić information content (AvgIpc) is 3.27. The molecule has 1 heterocycles. The Morgan fingerprint density at radius 2 is 1.74 bits per heavy atom. The molecule has 3 rings (SSSR count). The molecular formula is C21H19FN2O6S. The number of nitrogens with one attached hydrogen (secondary N) is 1. The Morgan fingerprint density at radius 3 is 2.39 bits per heavy atom. The number of rotatable bonds is 8. The van der Waals surface area contributed by atoms with Crippen LogP contribution < -0.4 is 19.5 Å². The van der Waals surface area contributed by atoms with Crippen molar-refractivity contribution in [2.75, 3.05) is 26.6 Å². The van der Waals surface area contributed by atoms with E-state index >= 15 is 0 Å². The molecule has 1 amide bonds. The van der Waals surface area contributed by atoms with Crippen LogP contribution in [0, 0.1) is 5.82 Å². The largest absolute Gasteiger partial charge is 0.493 e. The molecule has 1 N–H and O–H groups in total. The Labute approximate surface area is 181 Å². The molecule has 0 bridgehead atoms. The summed E-state index contributed by atoms with van der Waals surface area (Å²) in [7, 11) is 4.11. The first-order valence-electron chi connectivity index (χ1n) is 8.93. The summed E-state index contributed by atoms with van der Waals surface area (Å²) in [6, 6.07) is 8.47. The molecule has 0 aliphatic heterocycles. The van der Waals surface area contributed by atoms with Crippen LogP contribution in [0.25, 0.3) is 0 Å². The van der Waals surface area contributed by atoms with Gasteiger partial charge in [-0.2, -0.15) is 0 Å². The summed E-state index contributed by atoms with van der Waals surface area (Å²) in [4.78, 5) is 29.1. The molecule has 0 saturated carbocycles. The summed E-state index contributed by atoms with van der Waals surface area (Å²) >= 11 is 1.23. The minimum absolute atomic E-state index is 0.101. The van der Waals surface area contributed by atoms with E-state index in [9.17, 15) is 14.0 Å². The van der Waals surface area contributed by atoms with E-state index in [0.29, 0.717) is 22.3 Å². The summed E-state index contributed by atoms with van der Waals surface area (Å²) in [6.07, 6.45) is 0. The van der Waals surface area contributed by atoms with Crippen molar-refractivity contribution in [3.63, 3.8) is 0 Å². The van der Waals surface area contributed by atoms with Crippen molar-refractivity contribution in [2.24, 2.45) is 0 Å². The number of carbonyl (C=O) groups is 2. The number of carbonyl (C=O) groups excluding carboxylic acids is 2. The number of halogens is 1. The molecule has 1 aromatic heterocycles. The van der Waals surface area contributed by atoms with Gasteiger partial charge in [-0.25, -0.2) is 14.2 Å². The third-order valence-electron chi connectivity index (χ3n) is 4.14. The number of benzene rings is 2. The van der Waals surface area contributed by atoms with Gasteiger partial charge < -0.3 is 24.3 Å². The van der Waals surface area contributed by atoms with Gasteiger partial charge >= 0.3 is 5.97 Å². The lowest BCUT2D eigenvalue weighted by Gasteiger charge is -2.14. The van der Waals surface area contributed by atoms with E-state index in [4.69, 9.17) is 18.9 Å².